The Morgan fingerprint density at radius 2 is 0.580 bits per heavy atom. The van der Waals surface area contributed by atoms with Crippen LogP contribution in [-0.4, -0.2) is 0 Å². The molecule has 9 aromatic rings. The lowest BCUT2D eigenvalue weighted by Gasteiger charge is -2.35. The first-order valence-electron chi connectivity index (χ1n) is 17.5. The Balaban J connectivity index is 1.16. The summed E-state index contributed by atoms with van der Waals surface area (Å²) in [7, 11) is -1.29. The van der Waals surface area contributed by atoms with Crippen LogP contribution in [0, 0.1) is 0 Å². The first-order chi connectivity index (χ1) is 24.8. The Bertz CT molecular complexity index is 2650. The van der Waals surface area contributed by atoms with E-state index in [1.54, 1.807) is 10.6 Å². The second-order valence-corrected chi connectivity index (χ2v) is 17.9. The van der Waals surface area contributed by atoms with Gasteiger partial charge in [0.05, 0.1) is 0 Å². The van der Waals surface area contributed by atoms with E-state index >= 15 is 0 Å². The fraction of sp³-hybridized carbons (Fsp3) is 0.0417. The van der Waals surface area contributed by atoms with Crippen LogP contribution in [0.2, 0.25) is 0 Å². The van der Waals surface area contributed by atoms with Crippen molar-refractivity contribution in [1.82, 2.24) is 0 Å². The van der Waals surface area contributed by atoms with Gasteiger partial charge in [-0.2, -0.15) is 0 Å². The van der Waals surface area contributed by atoms with E-state index in [2.05, 4.69) is 170 Å². The summed E-state index contributed by atoms with van der Waals surface area (Å²) in [5.74, 6) is 0. The molecule has 0 aliphatic carbocycles. The van der Waals surface area contributed by atoms with E-state index < -0.39 is 15.8 Å². The van der Waals surface area contributed by atoms with Crippen LogP contribution < -0.4 is 21.2 Å². The van der Waals surface area contributed by atoms with Crippen LogP contribution in [0.4, 0.5) is 0 Å². The van der Waals surface area contributed by atoms with Crippen molar-refractivity contribution in [2.75, 3.05) is 0 Å². The number of fused-ring (bicyclic) bond motifs is 14. The Hall–Kier alpha value is -5.12. The maximum atomic E-state index is 2.48. The fourth-order valence-electron chi connectivity index (χ4n) is 8.84. The zero-order chi connectivity index (χ0) is 32.8. The number of rotatable bonds is 2. The van der Waals surface area contributed by atoms with E-state index in [1.165, 1.54) is 87.1 Å². The maximum absolute atomic E-state index is 2.48. The molecular weight excluding hydrogens is 638 g/mol. The molecule has 0 radical (unpaired) electrons. The number of hydrogen-bond acceptors (Lipinski definition) is 0. The summed E-state index contributed by atoms with van der Waals surface area (Å²) in [6, 6.07) is 64.7. The van der Waals surface area contributed by atoms with Gasteiger partial charge in [-0.3, -0.25) is 0 Å². The third kappa shape index (κ3) is 4.20. The lowest BCUT2D eigenvalue weighted by Crippen LogP contribution is -2.32. The first-order valence-corrected chi connectivity index (χ1v) is 20.6. The molecule has 0 saturated heterocycles. The van der Waals surface area contributed by atoms with Gasteiger partial charge in [0.1, 0.15) is 0 Å². The standard InChI is InChI=1S/C48H32P2/c1-5-15-37-31(11-1)21-23-35-29-49(43-27-25-33-13-3-7-17-39(33)47(43)45(35)37)41-19-9-10-20-42(41)50-30-36-24-22-32-12-2-6-16-38(32)46(36)48-40-18-8-4-14-34(40)26-28-44(48)50/h1-28H,29-30H2. The van der Waals surface area contributed by atoms with Crippen LogP contribution in [0.15, 0.2) is 170 Å². The average Bonchev–Trinajstić information content (AvgIpc) is 3.19. The molecule has 0 bridgehead atoms. The molecule has 2 heteroatoms. The molecule has 0 aromatic heterocycles. The van der Waals surface area contributed by atoms with Crippen molar-refractivity contribution in [2.45, 2.75) is 12.3 Å². The van der Waals surface area contributed by atoms with Crippen LogP contribution in [0.5, 0.6) is 0 Å². The molecule has 50 heavy (non-hydrogen) atoms. The highest BCUT2D eigenvalue weighted by Gasteiger charge is 2.34. The molecule has 0 fully saturated rings. The molecule has 2 heterocycles. The van der Waals surface area contributed by atoms with E-state index in [9.17, 15) is 0 Å². The lowest BCUT2D eigenvalue weighted by atomic mass is 9.90. The lowest BCUT2D eigenvalue weighted by molar-refractivity contribution is 1.40. The predicted octanol–water partition coefficient (Wildman–Crippen LogP) is 11.5. The Labute approximate surface area is 294 Å². The molecule has 2 unspecified atom stereocenters. The van der Waals surface area contributed by atoms with Gasteiger partial charge in [0.25, 0.3) is 0 Å². The molecule has 11 rings (SSSR count). The SMILES string of the molecule is c1ccc(P2Cc3ccc4ccccc4c3-c3c2ccc2ccccc32)c(P2Cc3ccc4ccccc4c3-c3c2ccc2ccccc32)c1. The first kappa shape index (κ1) is 28.7. The third-order valence-corrected chi connectivity index (χ3v) is 16.4. The van der Waals surface area contributed by atoms with Crippen LogP contribution in [0.25, 0.3) is 65.3 Å². The van der Waals surface area contributed by atoms with E-state index in [-0.39, 0.29) is 0 Å². The van der Waals surface area contributed by atoms with Gasteiger partial charge in [-0.15, -0.1) is 0 Å². The molecule has 2 aliphatic heterocycles. The van der Waals surface area contributed by atoms with Gasteiger partial charge in [-0.25, -0.2) is 0 Å². The summed E-state index contributed by atoms with van der Waals surface area (Å²) < 4.78 is 0. The summed E-state index contributed by atoms with van der Waals surface area (Å²) in [6.45, 7) is 0. The van der Waals surface area contributed by atoms with Gasteiger partial charge in [0, 0.05) is 12.3 Å². The highest BCUT2D eigenvalue weighted by molar-refractivity contribution is 7.78. The monoisotopic (exact) mass is 670 g/mol. The summed E-state index contributed by atoms with van der Waals surface area (Å²) in [4.78, 5) is 0. The van der Waals surface area contributed by atoms with Crippen molar-refractivity contribution in [3.05, 3.63) is 181 Å². The molecule has 0 N–H and O–H groups in total. The Morgan fingerprint density at radius 3 is 0.980 bits per heavy atom. The van der Waals surface area contributed by atoms with E-state index in [0.29, 0.717) is 0 Å². The largest absolute Gasteiger partial charge is 0.0616 e. The smallest absolute Gasteiger partial charge is 0.00143 e. The van der Waals surface area contributed by atoms with Crippen LogP contribution in [0.3, 0.4) is 0 Å². The van der Waals surface area contributed by atoms with Crippen molar-refractivity contribution in [1.29, 1.82) is 0 Å². The maximum Gasteiger partial charge on any atom is 0.00143 e. The van der Waals surface area contributed by atoms with Crippen molar-refractivity contribution >= 4 is 80.2 Å². The molecule has 0 amide bonds. The van der Waals surface area contributed by atoms with Gasteiger partial charge >= 0.3 is 0 Å². The van der Waals surface area contributed by atoms with Gasteiger partial charge < -0.3 is 0 Å². The summed E-state index contributed by atoms with van der Waals surface area (Å²) in [5.41, 5.74) is 8.73. The molecular formula is C48H32P2. The van der Waals surface area contributed by atoms with Gasteiger partial charge in [0.15, 0.2) is 0 Å². The molecule has 0 nitrogen and oxygen atoms in total. The van der Waals surface area contributed by atoms with Gasteiger partial charge in [-0.1, -0.05) is 170 Å². The molecule has 2 atom stereocenters. The molecule has 234 valence electrons. The van der Waals surface area contributed by atoms with Crippen LogP contribution in [-0.2, 0) is 12.3 Å². The Kier molecular flexibility index (Phi) is 6.43. The quantitative estimate of drug-likeness (QED) is 0.161. The van der Waals surface area contributed by atoms with Crippen molar-refractivity contribution in [3.63, 3.8) is 0 Å². The molecule has 9 aromatic carbocycles. The van der Waals surface area contributed by atoms with E-state index in [0.717, 1.165) is 12.3 Å². The zero-order valence-corrected chi connectivity index (χ0v) is 29.3. The molecule has 0 spiro atoms. The summed E-state index contributed by atoms with van der Waals surface area (Å²) >= 11 is 0. The predicted molar refractivity (Wildman–Crippen MR) is 220 cm³/mol. The molecule has 2 aliphatic rings. The summed E-state index contributed by atoms with van der Waals surface area (Å²) in [5, 5.41) is 16.9. The highest BCUT2D eigenvalue weighted by atomic mass is 31.1. The normalized spacial score (nSPS) is 16.2. The van der Waals surface area contributed by atoms with Gasteiger partial charge in [0.2, 0.25) is 0 Å². The van der Waals surface area contributed by atoms with Crippen LogP contribution >= 0.6 is 15.8 Å². The minimum Gasteiger partial charge on any atom is -0.0616 e. The Morgan fingerprint density at radius 1 is 0.260 bits per heavy atom. The third-order valence-electron chi connectivity index (χ3n) is 11.0. The van der Waals surface area contributed by atoms with Crippen molar-refractivity contribution < 1.29 is 0 Å². The number of hydrogen-bond donors (Lipinski definition) is 0. The van der Waals surface area contributed by atoms with Gasteiger partial charge in [-0.05, 0) is 114 Å². The van der Waals surface area contributed by atoms with Crippen LogP contribution in [0.1, 0.15) is 11.1 Å². The second-order valence-electron chi connectivity index (χ2n) is 13.7. The minimum absolute atomic E-state index is 0.647. The fourth-order valence-corrected chi connectivity index (χ4v) is 14.7. The van der Waals surface area contributed by atoms with E-state index in [4.69, 9.17) is 0 Å². The van der Waals surface area contributed by atoms with Crippen molar-refractivity contribution in [2.24, 2.45) is 0 Å². The van der Waals surface area contributed by atoms with Crippen molar-refractivity contribution in [3.8, 4) is 22.3 Å². The second kappa shape index (κ2) is 11.2. The van der Waals surface area contributed by atoms with E-state index in [1.807, 2.05) is 0 Å². The average molecular weight is 671 g/mol. The summed E-state index contributed by atoms with van der Waals surface area (Å²) in [6.07, 6.45) is 2.12. The topological polar surface area (TPSA) is 0 Å². The zero-order valence-electron chi connectivity index (χ0n) is 27.5. The number of benzene rings is 9. The minimum atomic E-state index is -0.647. The highest BCUT2D eigenvalue weighted by Crippen LogP contribution is 2.55. The molecule has 0 saturated carbocycles.